The van der Waals surface area contributed by atoms with E-state index in [2.05, 4.69) is 27.7 Å². The van der Waals surface area contributed by atoms with Crippen LogP contribution in [0.3, 0.4) is 0 Å². The van der Waals surface area contributed by atoms with E-state index in [4.69, 9.17) is 4.74 Å². The van der Waals surface area contributed by atoms with Crippen molar-refractivity contribution in [3.8, 4) is 0 Å². The molecule has 0 bridgehead atoms. The number of nitrogens with zero attached hydrogens (tertiary/aromatic N) is 4. The van der Waals surface area contributed by atoms with Gasteiger partial charge < -0.3 is 4.74 Å². The highest BCUT2D eigenvalue weighted by Gasteiger charge is 2.36. The SMILES string of the molecule is C=CCO[C@@H]1C[C@H]2CN(Cc3cnn(C)c3)CCN2C1. The first kappa shape index (κ1) is 13.8. The first-order valence-electron chi connectivity index (χ1n) is 7.41. The van der Waals surface area contributed by atoms with Crippen LogP contribution in [-0.4, -0.2) is 64.5 Å². The molecule has 0 unspecified atom stereocenters. The third kappa shape index (κ3) is 3.11. The van der Waals surface area contributed by atoms with Crippen molar-refractivity contribution in [3.63, 3.8) is 0 Å². The molecule has 2 fully saturated rings. The van der Waals surface area contributed by atoms with Crippen molar-refractivity contribution in [2.45, 2.75) is 25.1 Å². The van der Waals surface area contributed by atoms with E-state index in [1.165, 1.54) is 5.56 Å². The lowest BCUT2D eigenvalue weighted by atomic mass is 10.1. The molecule has 2 aliphatic rings. The van der Waals surface area contributed by atoms with Crippen LogP contribution in [0.1, 0.15) is 12.0 Å². The summed E-state index contributed by atoms with van der Waals surface area (Å²) in [6.07, 6.45) is 7.45. The Morgan fingerprint density at radius 2 is 2.35 bits per heavy atom. The summed E-state index contributed by atoms with van der Waals surface area (Å²) in [6, 6.07) is 0.648. The maximum absolute atomic E-state index is 5.81. The van der Waals surface area contributed by atoms with E-state index >= 15 is 0 Å². The molecule has 0 aliphatic carbocycles. The van der Waals surface area contributed by atoms with Gasteiger partial charge in [0.2, 0.25) is 0 Å². The summed E-state index contributed by atoms with van der Waals surface area (Å²) in [6.45, 7) is 9.91. The van der Waals surface area contributed by atoms with Gasteiger partial charge in [-0.3, -0.25) is 14.5 Å². The monoisotopic (exact) mass is 276 g/mol. The van der Waals surface area contributed by atoms with Gasteiger partial charge in [-0.05, 0) is 6.42 Å². The molecule has 2 aliphatic heterocycles. The Morgan fingerprint density at radius 3 is 3.10 bits per heavy atom. The molecule has 5 heteroatoms. The molecular weight excluding hydrogens is 252 g/mol. The van der Waals surface area contributed by atoms with Crippen molar-refractivity contribution in [2.75, 3.05) is 32.8 Å². The van der Waals surface area contributed by atoms with E-state index in [0.717, 1.165) is 39.1 Å². The van der Waals surface area contributed by atoms with Crippen molar-refractivity contribution in [3.05, 3.63) is 30.6 Å². The lowest BCUT2D eigenvalue weighted by molar-refractivity contribution is 0.0758. The number of ether oxygens (including phenoxy) is 1. The number of hydrogen-bond donors (Lipinski definition) is 0. The summed E-state index contributed by atoms with van der Waals surface area (Å²) in [5.41, 5.74) is 1.30. The topological polar surface area (TPSA) is 33.5 Å². The Hall–Kier alpha value is -1.17. The highest BCUT2D eigenvalue weighted by molar-refractivity contribution is 5.04. The van der Waals surface area contributed by atoms with Gasteiger partial charge in [-0.1, -0.05) is 6.08 Å². The van der Waals surface area contributed by atoms with Gasteiger partial charge in [0, 0.05) is 57.6 Å². The second-order valence-electron chi connectivity index (χ2n) is 5.89. The minimum atomic E-state index is 0.386. The molecule has 0 N–H and O–H groups in total. The molecule has 0 saturated carbocycles. The molecule has 20 heavy (non-hydrogen) atoms. The Kier molecular flexibility index (Phi) is 4.19. The van der Waals surface area contributed by atoms with Crippen LogP contribution in [0.2, 0.25) is 0 Å². The van der Waals surface area contributed by atoms with Gasteiger partial charge in [0.05, 0.1) is 18.9 Å². The largest absolute Gasteiger partial charge is 0.373 e. The smallest absolute Gasteiger partial charge is 0.0721 e. The lowest BCUT2D eigenvalue weighted by Gasteiger charge is -2.37. The highest BCUT2D eigenvalue weighted by Crippen LogP contribution is 2.24. The molecule has 1 aromatic heterocycles. The molecule has 0 radical (unpaired) electrons. The predicted octanol–water partition coefficient (Wildman–Crippen LogP) is 0.881. The van der Waals surface area contributed by atoms with Crippen LogP contribution < -0.4 is 0 Å². The lowest BCUT2D eigenvalue weighted by Crippen LogP contribution is -2.49. The Morgan fingerprint density at radius 1 is 1.45 bits per heavy atom. The van der Waals surface area contributed by atoms with E-state index in [9.17, 15) is 0 Å². The van der Waals surface area contributed by atoms with Gasteiger partial charge in [0.1, 0.15) is 0 Å². The molecule has 1 aromatic rings. The average Bonchev–Trinajstić information content (AvgIpc) is 3.02. The van der Waals surface area contributed by atoms with Crippen LogP contribution in [0.5, 0.6) is 0 Å². The van der Waals surface area contributed by atoms with E-state index in [1.807, 2.05) is 24.0 Å². The minimum Gasteiger partial charge on any atom is -0.373 e. The number of aryl methyl sites for hydroxylation is 1. The Bertz CT molecular complexity index is 458. The molecular formula is C15H24N4O. The molecule has 110 valence electrons. The van der Waals surface area contributed by atoms with Crippen LogP contribution in [0.4, 0.5) is 0 Å². The van der Waals surface area contributed by atoms with Gasteiger partial charge in [0.15, 0.2) is 0 Å². The zero-order chi connectivity index (χ0) is 13.9. The highest BCUT2D eigenvalue weighted by atomic mass is 16.5. The summed E-state index contributed by atoms with van der Waals surface area (Å²) in [4.78, 5) is 5.11. The molecule has 0 amide bonds. The fourth-order valence-electron chi connectivity index (χ4n) is 3.34. The number of aromatic nitrogens is 2. The summed E-state index contributed by atoms with van der Waals surface area (Å²) in [5, 5.41) is 4.24. The van der Waals surface area contributed by atoms with Crippen LogP contribution >= 0.6 is 0 Å². The van der Waals surface area contributed by atoms with Crippen molar-refractivity contribution < 1.29 is 4.74 Å². The normalized spacial score (nSPS) is 27.6. The van der Waals surface area contributed by atoms with Gasteiger partial charge in [0.25, 0.3) is 0 Å². The van der Waals surface area contributed by atoms with Crippen LogP contribution in [0.15, 0.2) is 25.0 Å². The first-order chi connectivity index (χ1) is 9.74. The van der Waals surface area contributed by atoms with E-state index in [0.29, 0.717) is 18.8 Å². The minimum absolute atomic E-state index is 0.386. The Labute approximate surface area is 120 Å². The predicted molar refractivity (Wildman–Crippen MR) is 78.4 cm³/mol. The molecule has 5 nitrogen and oxygen atoms in total. The van der Waals surface area contributed by atoms with E-state index in [1.54, 1.807) is 0 Å². The van der Waals surface area contributed by atoms with Gasteiger partial charge in [-0.25, -0.2) is 0 Å². The maximum atomic E-state index is 5.81. The molecule has 0 aromatic carbocycles. The van der Waals surface area contributed by atoms with E-state index in [-0.39, 0.29) is 0 Å². The zero-order valence-corrected chi connectivity index (χ0v) is 12.2. The number of hydrogen-bond acceptors (Lipinski definition) is 4. The molecule has 3 rings (SSSR count). The number of piperazine rings is 1. The molecule has 2 atom stereocenters. The van der Waals surface area contributed by atoms with Crippen LogP contribution in [-0.2, 0) is 18.3 Å². The summed E-state index contributed by atoms with van der Waals surface area (Å²) >= 11 is 0. The number of rotatable bonds is 5. The van der Waals surface area contributed by atoms with Crippen molar-refractivity contribution in [2.24, 2.45) is 7.05 Å². The second-order valence-corrected chi connectivity index (χ2v) is 5.89. The van der Waals surface area contributed by atoms with Crippen molar-refractivity contribution in [1.82, 2.24) is 19.6 Å². The van der Waals surface area contributed by atoms with Crippen molar-refractivity contribution in [1.29, 1.82) is 0 Å². The summed E-state index contributed by atoms with van der Waals surface area (Å²) < 4.78 is 7.68. The second kappa shape index (κ2) is 6.08. The van der Waals surface area contributed by atoms with Crippen LogP contribution in [0.25, 0.3) is 0 Å². The van der Waals surface area contributed by atoms with Gasteiger partial charge >= 0.3 is 0 Å². The average molecular weight is 276 g/mol. The van der Waals surface area contributed by atoms with Crippen LogP contribution in [0, 0.1) is 0 Å². The quantitative estimate of drug-likeness (QED) is 0.748. The summed E-state index contributed by atoms with van der Waals surface area (Å²) in [5.74, 6) is 0. The zero-order valence-electron chi connectivity index (χ0n) is 12.2. The Balaban J connectivity index is 1.52. The number of fused-ring (bicyclic) bond motifs is 1. The van der Waals surface area contributed by atoms with Gasteiger partial charge in [-0.15, -0.1) is 6.58 Å². The fourth-order valence-corrected chi connectivity index (χ4v) is 3.34. The fraction of sp³-hybridized carbons (Fsp3) is 0.667. The third-order valence-electron chi connectivity index (χ3n) is 4.28. The molecule has 3 heterocycles. The molecule has 2 saturated heterocycles. The maximum Gasteiger partial charge on any atom is 0.0721 e. The van der Waals surface area contributed by atoms with Crippen molar-refractivity contribution >= 4 is 0 Å². The summed E-state index contributed by atoms with van der Waals surface area (Å²) in [7, 11) is 1.97. The van der Waals surface area contributed by atoms with E-state index < -0.39 is 0 Å². The standard InChI is InChI=1S/C15H24N4O/c1-3-6-20-15-7-14-11-18(4-5-19(14)12-15)10-13-8-16-17(2)9-13/h3,8-9,14-15H,1,4-7,10-12H2,2H3/t14-,15+/m0/s1. The first-order valence-corrected chi connectivity index (χ1v) is 7.41. The third-order valence-corrected chi connectivity index (χ3v) is 4.28. The van der Waals surface area contributed by atoms with Gasteiger partial charge in [-0.2, -0.15) is 5.10 Å². The molecule has 0 spiro atoms.